The van der Waals surface area contributed by atoms with Crippen molar-refractivity contribution in [3.63, 3.8) is 0 Å². The Balaban J connectivity index is 1.17. The second kappa shape index (κ2) is 11.2. The van der Waals surface area contributed by atoms with Crippen LogP contribution in [0.1, 0.15) is 18.9 Å². The first-order valence-corrected chi connectivity index (χ1v) is 18.2. The van der Waals surface area contributed by atoms with E-state index in [1.54, 1.807) is 0 Å². The van der Waals surface area contributed by atoms with E-state index >= 15 is 0 Å². The summed E-state index contributed by atoms with van der Waals surface area (Å²) in [5.74, 6) is 0.312. The smallest absolute Gasteiger partial charge is 0.137 e. The van der Waals surface area contributed by atoms with Crippen LogP contribution in [0.25, 0.3) is 93.6 Å². The summed E-state index contributed by atoms with van der Waals surface area (Å²) in [6, 6.07) is 57.0. The van der Waals surface area contributed by atoms with Gasteiger partial charge in [-0.15, -0.1) is 0 Å². The van der Waals surface area contributed by atoms with Crippen LogP contribution in [0, 0.1) is 5.92 Å². The van der Waals surface area contributed by atoms with Gasteiger partial charge in [0.15, 0.2) is 0 Å². The fourth-order valence-corrected chi connectivity index (χ4v) is 8.79. The fourth-order valence-electron chi connectivity index (χ4n) is 8.79. The molecule has 1 aliphatic carbocycles. The van der Waals surface area contributed by atoms with Crippen LogP contribution in [-0.2, 0) is 0 Å². The molecule has 0 saturated carbocycles. The van der Waals surface area contributed by atoms with Gasteiger partial charge in [0.2, 0.25) is 0 Å². The molecule has 0 amide bonds. The second-order valence-corrected chi connectivity index (χ2v) is 14.2. The molecule has 11 rings (SSSR count). The molecule has 3 nitrogen and oxygen atoms in total. The van der Waals surface area contributed by atoms with Crippen molar-refractivity contribution in [3.05, 3.63) is 175 Å². The topological polar surface area (TPSA) is 23.0 Å². The molecule has 10 aromatic rings. The molecule has 0 aliphatic heterocycles. The van der Waals surface area contributed by atoms with Crippen LogP contribution >= 0.6 is 0 Å². The highest BCUT2D eigenvalue weighted by Gasteiger charge is 2.25. The molecule has 1 unspecified atom stereocenters. The number of benzene rings is 7. The summed E-state index contributed by atoms with van der Waals surface area (Å²) in [5.41, 5.74) is 14.3. The number of allylic oxidation sites excluding steroid dienone is 4. The zero-order valence-electron chi connectivity index (χ0n) is 28.8. The summed E-state index contributed by atoms with van der Waals surface area (Å²) in [4.78, 5) is 0. The largest absolute Gasteiger partial charge is 0.456 e. The highest BCUT2D eigenvalue weighted by atomic mass is 16.3. The van der Waals surface area contributed by atoms with Gasteiger partial charge in [0.1, 0.15) is 11.2 Å². The Morgan fingerprint density at radius 2 is 1.17 bits per heavy atom. The number of furan rings is 1. The van der Waals surface area contributed by atoms with E-state index in [0.717, 1.165) is 34.0 Å². The van der Waals surface area contributed by atoms with Gasteiger partial charge >= 0.3 is 0 Å². The molecule has 0 N–H and O–H groups in total. The molecule has 0 saturated heterocycles. The summed E-state index contributed by atoms with van der Waals surface area (Å²) in [6.07, 6.45) is 5.68. The summed E-state index contributed by atoms with van der Waals surface area (Å²) < 4.78 is 11.4. The molecular weight excluding hydrogens is 633 g/mol. The molecule has 3 heterocycles. The predicted molar refractivity (Wildman–Crippen MR) is 219 cm³/mol. The van der Waals surface area contributed by atoms with Crippen LogP contribution < -0.4 is 0 Å². The Hall–Kier alpha value is -6.58. The zero-order valence-corrected chi connectivity index (χ0v) is 28.8. The lowest BCUT2D eigenvalue weighted by molar-refractivity contribution is 0.669. The van der Waals surface area contributed by atoms with Crippen LogP contribution in [0.15, 0.2) is 174 Å². The van der Waals surface area contributed by atoms with E-state index in [9.17, 15) is 0 Å². The molecule has 1 atom stereocenters. The number of fused-ring (bicyclic) bond motifs is 10. The lowest BCUT2D eigenvalue weighted by atomic mass is 9.87. The first-order chi connectivity index (χ1) is 25.7. The van der Waals surface area contributed by atoms with Crippen LogP contribution in [-0.4, -0.2) is 9.13 Å². The number of hydrogen-bond donors (Lipinski definition) is 0. The maximum absolute atomic E-state index is 6.42. The molecule has 3 aromatic heterocycles. The molecule has 246 valence electrons. The van der Waals surface area contributed by atoms with Crippen molar-refractivity contribution in [2.45, 2.75) is 13.3 Å². The summed E-state index contributed by atoms with van der Waals surface area (Å²) in [5, 5.41) is 7.31. The van der Waals surface area contributed by atoms with Crippen LogP contribution in [0.3, 0.4) is 0 Å². The van der Waals surface area contributed by atoms with Crippen LogP contribution in [0.4, 0.5) is 0 Å². The summed E-state index contributed by atoms with van der Waals surface area (Å²) in [7, 11) is 0. The van der Waals surface area contributed by atoms with Crippen LogP contribution in [0.5, 0.6) is 0 Å². The minimum atomic E-state index is 0.312. The van der Waals surface area contributed by atoms with Gasteiger partial charge in [-0.05, 0) is 89.4 Å². The average molecular weight is 667 g/mol. The lowest BCUT2D eigenvalue weighted by Gasteiger charge is -2.24. The van der Waals surface area contributed by atoms with Crippen molar-refractivity contribution < 1.29 is 4.42 Å². The molecule has 0 radical (unpaired) electrons. The number of para-hydroxylation sites is 3. The molecule has 7 aromatic carbocycles. The highest BCUT2D eigenvalue weighted by molar-refractivity contribution is 6.27. The fraction of sp³-hybridized carbons (Fsp3) is 0.0612. The summed E-state index contributed by atoms with van der Waals surface area (Å²) >= 11 is 0. The van der Waals surface area contributed by atoms with Gasteiger partial charge in [0, 0.05) is 44.2 Å². The van der Waals surface area contributed by atoms with Crippen molar-refractivity contribution in [1.29, 1.82) is 0 Å². The Bertz CT molecular complexity index is 3100. The average Bonchev–Trinajstić information content (AvgIpc) is 3.85. The van der Waals surface area contributed by atoms with E-state index in [2.05, 4.69) is 180 Å². The minimum Gasteiger partial charge on any atom is -0.456 e. The quantitative estimate of drug-likeness (QED) is 0.183. The first kappa shape index (κ1) is 29.2. The van der Waals surface area contributed by atoms with Crippen molar-refractivity contribution in [2.75, 3.05) is 0 Å². The Morgan fingerprint density at radius 3 is 2.02 bits per heavy atom. The van der Waals surface area contributed by atoms with E-state index < -0.39 is 0 Å². The third kappa shape index (κ3) is 4.26. The van der Waals surface area contributed by atoms with Crippen LogP contribution in [0.2, 0.25) is 0 Å². The second-order valence-electron chi connectivity index (χ2n) is 14.2. The van der Waals surface area contributed by atoms with Crippen molar-refractivity contribution >= 4 is 76.8 Å². The molecule has 0 bridgehead atoms. The molecule has 0 fully saturated rings. The van der Waals surface area contributed by atoms with Gasteiger partial charge in [-0.2, -0.15) is 0 Å². The third-order valence-electron chi connectivity index (χ3n) is 11.2. The van der Waals surface area contributed by atoms with Crippen molar-refractivity contribution in [3.8, 4) is 16.8 Å². The highest BCUT2D eigenvalue weighted by Crippen LogP contribution is 2.45. The van der Waals surface area contributed by atoms with Gasteiger partial charge in [-0.25, -0.2) is 0 Å². The summed E-state index contributed by atoms with van der Waals surface area (Å²) in [6.45, 7) is 2.38. The first-order valence-electron chi connectivity index (χ1n) is 18.2. The maximum Gasteiger partial charge on any atom is 0.137 e. The van der Waals surface area contributed by atoms with Crippen molar-refractivity contribution in [2.24, 2.45) is 5.92 Å². The number of aromatic nitrogens is 2. The molecule has 52 heavy (non-hydrogen) atoms. The van der Waals surface area contributed by atoms with E-state index in [1.165, 1.54) is 71.6 Å². The normalized spacial score (nSPS) is 15.0. The molecule has 1 aliphatic rings. The minimum absolute atomic E-state index is 0.312. The van der Waals surface area contributed by atoms with E-state index in [0.29, 0.717) is 5.92 Å². The van der Waals surface area contributed by atoms with E-state index in [4.69, 9.17) is 4.42 Å². The number of rotatable bonds is 4. The standard InChI is InChI=1S/C49H34N2O/c1-31-27-35(34-16-12-15-33(28-34)32-13-4-2-5-14-32)23-25-42(31)51-43-21-10-8-19-37(43)40-29-41-38-24-26-47-48(39-20-9-11-22-46(39)52-47)49(38)50(44(41)30-45(40)51)36-17-6-3-7-18-36/h2-26,28-31H,27H2,1H3. The van der Waals surface area contributed by atoms with Gasteiger partial charge in [-0.3, -0.25) is 0 Å². The van der Waals surface area contributed by atoms with E-state index in [-0.39, 0.29) is 0 Å². The van der Waals surface area contributed by atoms with Gasteiger partial charge in [0.25, 0.3) is 0 Å². The monoisotopic (exact) mass is 666 g/mol. The molecular formula is C49H34N2O. The Kier molecular flexibility index (Phi) is 6.29. The van der Waals surface area contributed by atoms with Crippen molar-refractivity contribution in [1.82, 2.24) is 9.13 Å². The molecule has 0 spiro atoms. The zero-order chi connectivity index (χ0) is 34.3. The van der Waals surface area contributed by atoms with Gasteiger partial charge in [-0.1, -0.05) is 116 Å². The SMILES string of the molecule is CC1CC(c2cccc(-c3ccccc3)c2)=CC=C1n1c2ccccc2c2cc3c4ccc5oc6ccccc6c5c4n(-c4ccccc4)c3cc21. The Labute approximate surface area is 300 Å². The Morgan fingerprint density at radius 1 is 0.481 bits per heavy atom. The number of nitrogens with zero attached hydrogens (tertiary/aromatic N) is 2. The molecule has 3 heteroatoms. The lowest BCUT2D eigenvalue weighted by Crippen LogP contribution is -2.10. The third-order valence-corrected chi connectivity index (χ3v) is 11.2. The number of hydrogen-bond acceptors (Lipinski definition) is 1. The predicted octanol–water partition coefficient (Wildman–Crippen LogP) is 13.4. The maximum atomic E-state index is 6.42. The van der Waals surface area contributed by atoms with Gasteiger partial charge in [0.05, 0.1) is 27.5 Å². The van der Waals surface area contributed by atoms with E-state index in [1.807, 2.05) is 6.07 Å². The van der Waals surface area contributed by atoms with Gasteiger partial charge < -0.3 is 13.6 Å².